The zero-order valence-corrected chi connectivity index (χ0v) is 22.8. The number of hydrogen-bond acceptors (Lipinski definition) is 8. The molecule has 2 saturated heterocycles. The van der Waals surface area contributed by atoms with E-state index >= 15 is 0 Å². The molecule has 2 fully saturated rings. The molecule has 3 aliphatic rings. The van der Waals surface area contributed by atoms with E-state index in [2.05, 4.69) is 0 Å². The molecule has 1 N–H and O–H groups in total. The predicted octanol–water partition coefficient (Wildman–Crippen LogP) is 2.96. The first-order chi connectivity index (χ1) is 19.4. The average molecular weight is 554 g/mol. The van der Waals surface area contributed by atoms with E-state index < -0.39 is 23.8 Å². The highest BCUT2D eigenvalue weighted by Crippen LogP contribution is 2.47. The third-order valence-electron chi connectivity index (χ3n) is 7.76. The lowest BCUT2D eigenvalue weighted by Crippen LogP contribution is -2.52. The van der Waals surface area contributed by atoms with Gasteiger partial charge < -0.3 is 29.0 Å². The van der Waals surface area contributed by atoms with Crippen molar-refractivity contribution in [2.75, 3.05) is 59.8 Å². The van der Waals surface area contributed by atoms with Crippen LogP contribution in [0, 0.1) is 5.92 Å². The van der Waals surface area contributed by atoms with Gasteiger partial charge in [0.1, 0.15) is 5.75 Å². The van der Waals surface area contributed by atoms with E-state index in [1.54, 1.807) is 30.2 Å². The number of likely N-dealkylation sites (tertiary alicyclic amines) is 1. The topological polar surface area (TPSA) is 118 Å². The number of aliphatic carboxylic acids is 1. The van der Waals surface area contributed by atoms with Crippen molar-refractivity contribution in [3.05, 3.63) is 53.6 Å². The fourth-order valence-corrected chi connectivity index (χ4v) is 5.81. The van der Waals surface area contributed by atoms with Gasteiger partial charge in [-0.25, -0.2) is 4.79 Å². The maximum absolute atomic E-state index is 13.7. The first-order valence-corrected chi connectivity index (χ1v) is 13.6. The molecular weight excluding hydrogens is 518 g/mol. The fraction of sp³-hybridized carbons (Fsp3) is 0.483. The summed E-state index contributed by atoms with van der Waals surface area (Å²) in [5.74, 6) is -0.765. The molecule has 0 spiro atoms. The molecule has 3 amide bonds. The maximum Gasteiger partial charge on any atom is 0.326 e. The number of rotatable bonds is 8. The third kappa shape index (κ3) is 5.57. The van der Waals surface area contributed by atoms with Crippen LogP contribution in [-0.2, 0) is 14.3 Å². The third-order valence-corrected chi connectivity index (χ3v) is 7.76. The number of carbonyl (C=O) groups is 3. The molecule has 0 bridgehead atoms. The first-order valence-electron chi connectivity index (χ1n) is 13.6. The minimum atomic E-state index is -0.965. The summed E-state index contributed by atoms with van der Waals surface area (Å²) in [7, 11) is 1.57. The summed E-state index contributed by atoms with van der Waals surface area (Å²) in [6.07, 6.45) is 0.612. The number of carbonyl (C=O) groups excluding carboxylic acids is 2. The zero-order valence-electron chi connectivity index (χ0n) is 22.8. The standard InChI is InChI=1S/C29H35N3O8/c1-3-10-32(29(36)30-11-13-38-14-12-30)25(33)17-31-16-22(20-6-9-23-24(15-20)40-18-39-23)26(28(34)35)27(31)19-4-7-21(37-2)8-5-19/h4-9,15,22,26-27H,3,10-14,16-18H2,1-2H3,(H,34,35)/t22-,26+,27-/m1/s1. The zero-order chi connectivity index (χ0) is 28.2. The molecule has 5 rings (SSSR count). The number of imide groups is 1. The van der Waals surface area contributed by atoms with E-state index in [4.69, 9.17) is 18.9 Å². The number of benzene rings is 2. The molecule has 0 radical (unpaired) electrons. The molecule has 11 nitrogen and oxygen atoms in total. The Kier molecular flexibility index (Phi) is 8.41. The van der Waals surface area contributed by atoms with Crippen LogP contribution in [0.4, 0.5) is 4.79 Å². The lowest BCUT2D eigenvalue weighted by molar-refractivity contribution is -0.143. The van der Waals surface area contributed by atoms with Crippen molar-refractivity contribution in [2.45, 2.75) is 25.3 Å². The second-order valence-corrected chi connectivity index (χ2v) is 10.2. The highest BCUT2D eigenvalue weighted by molar-refractivity contribution is 5.95. The normalized spacial score (nSPS) is 22.2. The Labute approximate surface area is 233 Å². The molecule has 11 heteroatoms. The molecular formula is C29H35N3O8. The Morgan fingerprint density at radius 1 is 1.02 bits per heavy atom. The molecule has 0 aromatic heterocycles. The molecule has 2 aromatic rings. The fourth-order valence-electron chi connectivity index (χ4n) is 5.81. The summed E-state index contributed by atoms with van der Waals surface area (Å²) >= 11 is 0. The number of carboxylic acid groups (broad SMARTS) is 1. The van der Waals surface area contributed by atoms with Crippen LogP contribution in [0.2, 0.25) is 0 Å². The number of fused-ring (bicyclic) bond motifs is 1. The second-order valence-electron chi connectivity index (χ2n) is 10.2. The number of morpholine rings is 1. The SMILES string of the molecule is CCCN(C(=O)CN1C[C@H](c2ccc3c(c2)OCO3)[C@H](C(=O)O)[C@H]1c1ccc(OC)cc1)C(=O)N1CCOCC1. The highest BCUT2D eigenvalue weighted by Gasteiger charge is 2.48. The van der Waals surface area contributed by atoms with Gasteiger partial charge in [-0.1, -0.05) is 25.1 Å². The molecule has 0 saturated carbocycles. The lowest BCUT2D eigenvalue weighted by atomic mass is 9.82. The summed E-state index contributed by atoms with van der Waals surface area (Å²) in [5, 5.41) is 10.5. The largest absolute Gasteiger partial charge is 0.497 e. The number of urea groups is 1. The van der Waals surface area contributed by atoms with E-state index in [1.807, 2.05) is 36.1 Å². The summed E-state index contributed by atoms with van der Waals surface area (Å²) in [6, 6.07) is 11.8. The van der Waals surface area contributed by atoms with Crippen LogP contribution in [0.3, 0.4) is 0 Å². The number of hydrogen-bond donors (Lipinski definition) is 1. The van der Waals surface area contributed by atoms with Crippen LogP contribution in [0.5, 0.6) is 17.2 Å². The first kappa shape index (κ1) is 27.7. The minimum Gasteiger partial charge on any atom is -0.497 e. The summed E-state index contributed by atoms with van der Waals surface area (Å²) in [6.45, 7) is 4.25. The second kappa shape index (κ2) is 12.1. The Morgan fingerprint density at radius 2 is 1.73 bits per heavy atom. The van der Waals surface area contributed by atoms with Gasteiger partial charge in [0.05, 0.1) is 32.8 Å². The van der Waals surface area contributed by atoms with Gasteiger partial charge in [-0.2, -0.15) is 0 Å². The Balaban J connectivity index is 1.47. The van der Waals surface area contributed by atoms with Crippen LogP contribution in [0.1, 0.15) is 36.4 Å². The smallest absolute Gasteiger partial charge is 0.326 e. The van der Waals surface area contributed by atoms with Gasteiger partial charge in [0, 0.05) is 38.1 Å². The maximum atomic E-state index is 13.7. The van der Waals surface area contributed by atoms with Crippen LogP contribution in [0.25, 0.3) is 0 Å². The van der Waals surface area contributed by atoms with Crippen molar-refractivity contribution >= 4 is 17.9 Å². The predicted molar refractivity (Wildman–Crippen MR) is 144 cm³/mol. The van der Waals surface area contributed by atoms with Crippen LogP contribution in [0.15, 0.2) is 42.5 Å². The number of methoxy groups -OCH3 is 1. The van der Waals surface area contributed by atoms with Gasteiger partial charge in [-0.3, -0.25) is 19.4 Å². The molecule has 0 unspecified atom stereocenters. The molecule has 0 aliphatic carbocycles. The summed E-state index contributed by atoms with van der Waals surface area (Å²) < 4.78 is 21.7. The van der Waals surface area contributed by atoms with Gasteiger partial charge in [0.25, 0.3) is 0 Å². The molecule has 40 heavy (non-hydrogen) atoms. The minimum absolute atomic E-state index is 0.0996. The Hall–Kier alpha value is -3.83. The average Bonchev–Trinajstić information content (AvgIpc) is 3.60. The van der Waals surface area contributed by atoms with Gasteiger partial charge in [-0.05, 0) is 41.8 Å². The van der Waals surface area contributed by atoms with Crippen molar-refractivity contribution in [1.29, 1.82) is 0 Å². The Morgan fingerprint density at radius 3 is 2.40 bits per heavy atom. The summed E-state index contributed by atoms with van der Waals surface area (Å²) in [5.41, 5.74) is 1.55. The van der Waals surface area contributed by atoms with Crippen molar-refractivity contribution in [1.82, 2.24) is 14.7 Å². The van der Waals surface area contributed by atoms with Crippen LogP contribution in [-0.4, -0.2) is 97.6 Å². The van der Waals surface area contributed by atoms with E-state index in [0.29, 0.717) is 56.5 Å². The molecule has 2 aromatic carbocycles. The van der Waals surface area contributed by atoms with Gasteiger partial charge in [0.2, 0.25) is 12.7 Å². The number of amides is 3. The van der Waals surface area contributed by atoms with Crippen molar-refractivity contribution < 1.29 is 38.4 Å². The van der Waals surface area contributed by atoms with Gasteiger partial charge in [0.15, 0.2) is 11.5 Å². The summed E-state index contributed by atoms with van der Waals surface area (Å²) in [4.78, 5) is 44.7. The molecule has 3 atom stereocenters. The van der Waals surface area contributed by atoms with Crippen molar-refractivity contribution in [2.24, 2.45) is 5.92 Å². The number of carboxylic acids is 1. The molecule has 3 aliphatic heterocycles. The molecule has 214 valence electrons. The van der Waals surface area contributed by atoms with E-state index in [1.165, 1.54) is 4.90 Å². The van der Waals surface area contributed by atoms with Gasteiger partial charge in [-0.15, -0.1) is 0 Å². The molecule has 3 heterocycles. The van der Waals surface area contributed by atoms with Crippen molar-refractivity contribution in [3.8, 4) is 17.2 Å². The van der Waals surface area contributed by atoms with E-state index in [-0.39, 0.29) is 31.8 Å². The van der Waals surface area contributed by atoms with Crippen molar-refractivity contribution in [3.63, 3.8) is 0 Å². The van der Waals surface area contributed by atoms with Crippen LogP contribution < -0.4 is 14.2 Å². The highest BCUT2D eigenvalue weighted by atomic mass is 16.7. The van der Waals surface area contributed by atoms with E-state index in [9.17, 15) is 19.5 Å². The van der Waals surface area contributed by atoms with E-state index in [0.717, 1.165) is 11.1 Å². The Bertz CT molecular complexity index is 1230. The monoisotopic (exact) mass is 553 g/mol. The lowest BCUT2D eigenvalue weighted by Gasteiger charge is -2.33. The number of ether oxygens (including phenoxy) is 4. The number of nitrogens with zero attached hydrogens (tertiary/aromatic N) is 3. The quantitative estimate of drug-likeness (QED) is 0.526. The van der Waals surface area contributed by atoms with Gasteiger partial charge >= 0.3 is 12.0 Å². The van der Waals surface area contributed by atoms with Crippen LogP contribution >= 0.6 is 0 Å².